The molecule has 0 aliphatic heterocycles. The molecule has 1 N–H and O–H groups in total. The van der Waals surface area contributed by atoms with Crippen molar-refractivity contribution in [2.45, 2.75) is 35.7 Å². The van der Waals surface area contributed by atoms with E-state index in [0.29, 0.717) is 17.0 Å². The first kappa shape index (κ1) is 21.0. The van der Waals surface area contributed by atoms with Crippen molar-refractivity contribution in [3.63, 3.8) is 0 Å². The summed E-state index contributed by atoms with van der Waals surface area (Å²) >= 11 is 1.57. The normalized spacial score (nSPS) is 12.6. The molecule has 11 heteroatoms. The van der Waals surface area contributed by atoms with Crippen molar-refractivity contribution in [1.82, 2.24) is 33.4 Å². The van der Waals surface area contributed by atoms with Gasteiger partial charge in [-0.2, -0.15) is 0 Å². The smallest absolute Gasteiger partial charge is 0.242 e. The molecule has 2 aromatic carbocycles. The van der Waals surface area contributed by atoms with E-state index >= 15 is 0 Å². The lowest BCUT2D eigenvalue weighted by Crippen LogP contribution is -2.22. The lowest BCUT2D eigenvalue weighted by molar-refractivity contribution is 0.521. The number of aryl methyl sites for hydroxylation is 1. The Bertz CT molecular complexity index is 1550. The highest BCUT2D eigenvalue weighted by atomic mass is 32.2. The number of hydrogen-bond donors (Lipinski definition) is 1. The second-order valence-electron chi connectivity index (χ2n) is 7.67. The Balaban J connectivity index is 1.52. The van der Waals surface area contributed by atoms with E-state index in [2.05, 4.69) is 26.7 Å². The minimum absolute atomic E-state index is 0.245. The van der Waals surface area contributed by atoms with E-state index in [9.17, 15) is 8.42 Å². The molecule has 0 saturated heterocycles. The van der Waals surface area contributed by atoms with E-state index in [1.807, 2.05) is 34.7 Å². The van der Waals surface area contributed by atoms with Gasteiger partial charge in [-0.1, -0.05) is 30.8 Å². The van der Waals surface area contributed by atoms with Crippen molar-refractivity contribution < 1.29 is 8.42 Å². The van der Waals surface area contributed by atoms with Crippen molar-refractivity contribution in [2.24, 2.45) is 0 Å². The number of nitrogens with one attached hydrogen (secondary N) is 1. The number of sulfonamides is 1. The molecule has 166 valence electrons. The van der Waals surface area contributed by atoms with Crippen LogP contribution in [0.3, 0.4) is 0 Å². The molecule has 0 aliphatic rings. The number of imidazole rings is 2. The zero-order valence-electron chi connectivity index (χ0n) is 18.0. The molecule has 32 heavy (non-hydrogen) atoms. The average molecular weight is 470 g/mol. The summed E-state index contributed by atoms with van der Waals surface area (Å²) in [6.07, 6.45) is 0.944. The Kier molecular flexibility index (Phi) is 5.19. The second kappa shape index (κ2) is 7.91. The maximum atomic E-state index is 12.5. The highest BCUT2D eigenvalue weighted by molar-refractivity contribution is 7.98. The summed E-state index contributed by atoms with van der Waals surface area (Å²) in [5.41, 5.74) is 3.52. The van der Waals surface area contributed by atoms with Crippen LogP contribution in [0, 0.1) is 0 Å². The van der Waals surface area contributed by atoms with Crippen LogP contribution < -0.4 is 0 Å². The number of aromatic amines is 1. The van der Waals surface area contributed by atoms with Crippen LogP contribution in [-0.2, 0) is 22.3 Å². The Morgan fingerprint density at radius 1 is 1.06 bits per heavy atom. The van der Waals surface area contributed by atoms with E-state index < -0.39 is 10.0 Å². The fourth-order valence-electron chi connectivity index (χ4n) is 3.78. The van der Waals surface area contributed by atoms with Crippen LogP contribution in [0.15, 0.2) is 52.5 Å². The van der Waals surface area contributed by atoms with Crippen molar-refractivity contribution >= 4 is 49.6 Å². The monoisotopic (exact) mass is 469 g/mol. The number of benzene rings is 2. The summed E-state index contributed by atoms with van der Waals surface area (Å²) in [5.74, 6) is 2.18. The van der Waals surface area contributed by atoms with Crippen LogP contribution in [0.25, 0.3) is 27.8 Å². The molecule has 0 spiro atoms. The van der Waals surface area contributed by atoms with E-state index in [-0.39, 0.29) is 4.90 Å². The lowest BCUT2D eigenvalue weighted by atomic mass is 10.3. The Morgan fingerprint density at radius 2 is 1.88 bits per heavy atom. The first-order valence-electron chi connectivity index (χ1n) is 10.3. The van der Waals surface area contributed by atoms with Gasteiger partial charge in [-0.25, -0.2) is 27.8 Å². The van der Waals surface area contributed by atoms with Gasteiger partial charge in [0.05, 0.1) is 32.7 Å². The van der Waals surface area contributed by atoms with Crippen LogP contribution in [0.1, 0.15) is 19.2 Å². The van der Waals surface area contributed by atoms with Gasteiger partial charge in [0.1, 0.15) is 5.82 Å². The van der Waals surface area contributed by atoms with E-state index in [1.54, 1.807) is 23.9 Å². The summed E-state index contributed by atoms with van der Waals surface area (Å²) in [6.45, 7) is 2.92. The molecule has 0 fully saturated rings. The average Bonchev–Trinajstić information content (AvgIpc) is 3.44. The standard InChI is InChI=1S/C21H23N7O2S2/c1-4-11-27-17-10-9-14(32(29,30)26(2)3)12-16(17)22-19(27)13-31-21-25-24-20-23-15-7-5-6-8-18(15)28(20)21/h5-10,12H,4,11,13H2,1-3H3,(H,23,24). The summed E-state index contributed by atoms with van der Waals surface area (Å²) in [4.78, 5) is 9.60. The Labute approximate surface area is 189 Å². The molecule has 0 amide bonds. The molecule has 0 aliphatic carbocycles. The Hall–Kier alpha value is -2.89. The first-order valence-corrected chi connectivity index (χ1v) is 12.7. The highest BCUT2D eigenvalue weighted by Crippen LogP contribution is 2.28. The van der Waals surface area contributed by atoms with Gasteiger partial charge >= 0.3 is 0 Å². The van der Waals surface area contributed by atoms with Gasteiger partial charge in [-0.3, -0.25) is 4.40 Å². The minimum Gasteiger partial charge on any atom is -0.327 e. The second-order valence-corrected chi connectivity index (χ2v) is 10.8. The number of fused-ring (bicyclic) bond motifs is 4. The van der Waals surface area contributed by atoms with Gasteiger partial charge in [0.25, 0.3) is 0 Å². The fraction of sp³-hybridized carbons (Fsp3) is 0.286. The molecule has 5 aromatic rings. The minimum atomic E-state index is -3.52. The zero-order chi connectivity index (χ0) is 22.5. The third-order valence-corrected chi connectivity index (χ3v) is 8.10. The quantitative estimate of drug-likeness (QED) is 0.366. The number of H-pyrrole nitrogens is 1. The number of hydrogen-bond acceptors (Lipinski definition) is 6. The van der Waals surface area contributed by atoms with Crippen LogP contribution in [0.2, 0.25) is 0 Å². The van der Waals surface area contributed by atoms with E-state index in [4.69, 9.17) is 4.98 Å². The van der Waals surface area contributed by atoms with Crippen molar-refractivity contribution in [3.05, 3.63) is 48.3 Å². The molecular weight excluding hydrogens is 446 g/mol. The van der Waals surface area contributed by atoms with Crippen LogP contribution in [0.5, 0.6) is 0 Å². The SMILES string of the molecule is CCCn1c(CSc2n[nH]c3nc4ccccc4n23)nc2cc(S(=O)(=O)N(C)C)ccc21. The summed E-state index contributed by atoms with van der Waals surface area (Å²) < 4.78 is 30.5. The van der Waals surface area contributed by atoms with Crippen molar-refractivity contribution in [2.75, 3.05) is 14.1 Å². The largest absolute Gasteiger partial charge is 0.327 e. The third kappa shape index (κ3) is 3.37. The van der Waals surface area contributed by atoms with Crippen LogP contribution in [0.4, 0.5) is 0 Å². The van der Waals surface area contributed by atoms with Gasteiger partial charge in [0.15, 0.2) is 5.16 Å². The fourth-order valence-corrected chi connectivity index (χ4v) is 5.61. The molecule has 9 nitrogen and oxygen atoms in total. The lowest BCUT2D eigenvalue weighted by Gasteiger charge is -2.11. The van der Waals surface area contributed by atoms with Gasteiger partial charge in [0.2, 0.25) is 15.8 Å². The van der Waals surface area contributed by atoms with Crippen molar-refractivity contribution in [1.29, 1.82) is 0 Å². The third-order valence-electron chi connectivity index (χ3n) is 5.36. The van der Waals surface area contributed by atoms with E-state index in [1.165, 1.54) is 18.4 Å². The number of para-hydroxylation sites is 2. The number of thioether (sulfide) groups is 1. The van der Waals surface area contributed by atoms with E-state index in [0.717, 1.165) is 40.5 Å². The summed E-state index contributed by atoms with van der Waals surface area (Å²) in [5, 5.41) is 8.24. The molecule has 3 aromatic heterocycles. The number of aromatic nitrogens is 6. The van der Waals surface area contributed by atoms with Gasteiger partial charge in [0, 0.05) is 20.6 Å². The first-order chi connectivity index (χ1) is 15.4. The topological polar surface area (TPSA) is 101 Å². The van der Waals surface area contributed by atoms with Crippen molar-refractivity contribution in [3.8, 4) is 0 Å². The predicted octanol–water partition coefficient (Wildman–Crippen LogP) is 3.51. The predicted molar refractivity (Wildman–Crippen MR) is 125 cm³/mol. The number of rotatable bonds is 7. The molecule has 0 saturated carbocycles. The van der Waals surface area contributed by atoms with Crippen LogP contribution >= 0.6 is 11.8 Å². The van der Waals surface area contributed by atoms with Gasteiger partial charge in [-0.15, -0.1) is 5.10 Å². The molecule has 3 heterocycles. The molecule has 0 unspecified atom stereocenters. The molecule has 0 atom stereocenters. The highest BCUT2D eigenvalue weighted by Gasteiger charge is 2.20. The molecule has 0 bridgehead atoms. The van der Waals surface area contributed by atoms with Crippen LogP contribution in [-0.4, -0.2) is 56.0 Å². The maximum Gasteiger partial charge on any atom is 0.242 e. The summed E-state index contributed by atoms with van der Waals surface area (Å²) in [6, 6.07) is 13.1. The number of nitrogens with zero attached hydrogens (tertiary/aromatic N) is 6. The zero-order valence-corrected chi connectivity index (χ0v) is 19.6. The molecule has 0 radical (unpaired) electrons. The Morgan fingerprint density at radius 3 is 2.66 bits per heavy atom. The maximum absolute atomic E-state index is 12.5. The van der Waals surface area contributed by atoms with Gasteiger partial charge in [-0.05, 0) is 36.8 Å². The molecular formula is C21H23N7O2S2. The summed E-state index contributed by atoms with van der Waals surface area (Å²) in [7, 11) is -0.457. The molecule has 5 rings (SSSR count). The van der Waals surface area contributed by atoms with Gasteiger partial charge < -0.3 is 4.57 Å².